The standard InChI is InChI=1S/C16H17F3N2O3/c1-10-8-12(20-24-10)9-21(3)15(22)11(2)23-14-7-5-4-6-13(14)16(17,18)19/h4-8,11H,9H2,1-3H3/t11-/m1/s1. The number of aromatic nitrogens is 1. The van der Waals surface area contributed by atoms with Crippen molar-refractivity contribution >= 4 is 5.91 Å². The number of para-hydroxylation sites is 1. The number of halogens is 3. The fourth-order valence-electron chi connectivity index (χ4n) is 2.17. The molecule has 8 heteroatoms. The molecule has 2 aromatic rings. The predicted octanol–water partition coefficient (Wildman–Crippen LogP) is 3.43. The second kappa shape index (κ2) is 6.94. The highest BCUT2D eigenvalue weighted by Crippen LogP contribution is 2.36. The van der Waals surface area contributed by atoms with E-state index >= 15 is 0 Å². The van der Waals surface area contributed by atoms with Crippen LogP contribution in [0.4, 0.5) is 13.2 Å². The van der Waals surface area contributed by atoms with Crippen molar-refractivity contribution in [2.45, 2.75) is 32.7 Å². The summed E-state index contributed by atoms with van der Waals surface area (Å²) in [6.07, 6.45) is -5.63. The summed E-state index contributed by atoms with van der Waals surface area (Å²) in [5.41, 5.74) is -0.370. The van der Waals surface area contributed by atoms with Gasteiger partial charge in [0.05, 0.1) is 12.1 Å². The number of carbonyl (C=O) groups is 1. The molecule has 1 atom stereocenters. The minimum atomic E-state index is -4.55. The number of ether oxygens (including phenoxy) is 1. The maximum absolute atomic E-state index is 13.0. The Bertz CT molecular complexity index is 713. The van der Waals surface area contributed by atoms with E-state index in [1.165, 1.54) is 37.1 Å². The second-order valence-corrected chi connectivity index (χ2v) is 5.38. The highest BCUT2D eigenvalue weighted by atomic mass is 19.4. The Morgan fingerprint density at radius 3 is 2.62 bits per heavy atom. The van der Waals surface area contributed by atoms with Crippen molar-refractivity contribution in [1.82, 2.24) is 10.1 Å². The highest BCUT2D eigenvalue weighted by Gasteiger charge is 2.35. The fourth-order valence-corrected chi connectivity index (χ4v) is 2.17. The number of aryl methyl sites for hydroxylation is 1. The van der Waals surface area contributed by atoms with Gasteiger partial charge in [-0.15, -0.1) is 0 Å². The maximum Gasteiger partial charge on any atom is 0.419 e. The highest BCUT2D eigenvalue weighted by molar-refractivity contribution is 5.80. The van der Waals surface area contributed by atoms with Gasteiger partial charge in [-0.25, -0.2) is 0 Å². The van der Waals surface area contributed by atoms with Crippen molar-refractivity contribution < 1.29 is 27.2 Å². The number of rotatable bonds is 5. The van der Waals surface area contributed by atoms with Gasteiger partial charge in [0.1, 0.15) is 17.2 Å². The number of alkyl halides is 3. The molecule has 0 bridgehead atoms. The van der Waals surface area contributed by atoms with Gasteiger partial charge in [-0.3, -0.25) is 4.79 Å². The molecule has 5 nitrogen and oxygen atoms in total. The monoisotopic (exact) mass is 342 g/mol. The van der Waals surface area contributed by atoms with Crippen molar-refractivity contribution in [1.29, 1.82) is 0 Å². The summed E-state index contributed by atoms with van der Waals surface area (Å²) in [5.74, 6) is -0.238. The Hall–Kier alpha value is -2.51. The topological polar surface area (TPSA) is 55.6 Å². The van der Waals surface area contributed by atoms with E-state index in [0.717, 1.165) is 6.07 Å². The van der Waals surface area contributed by atoms with Gasteiger partial charge in [0.2, 0.25) is 0 Å². The molecule has 1 amide bonds. The summed E-state index contributed by atoms with van der Waals surface area (Å²) in [4.78, 5) is 13.6. The first kappa shape index (κ1) is 17.8. The lowest BCUT2D eigenvalue weighted by atomic mass is 10.2. The molecule has 0 N–H and O–H groups in total. The number of hydrogen-bond donors (Lipinski definition) is 0. The summed E-state index contributed by atoms with van der Waals surface area (Å²) in [6.45, 7) is 3.29. The third-order valence-corrected chi connectivity index (χ3v) is 3.30. The number of amides is 1. The van der Waals surface area contributed by atoms with Crippen LogP contribution in [-0.4, -0.2) is 29.1 Å². The van der Waals surface area contributed by atoms with Gasteiger partial charge in [0.25, 0.3) is 5.91 Å². The van der Waals surface area contributed by atoms with Crippen molar-refractivity contribution in [2.24, 2.45) is 0 Å². The zero-order valence-corrected chi connectivity index (χ0v) is 13.4. The lowest BCUT2D eigenvalue weighted by Crippen LogP contribution is -2.37. The Kier molecular flexibility index (Phi) is 5.16. The Balaban J connectivity index is 2.06. The third-order valence-electron chi connectivity index (χ3n) is 3.30. The molecule has 0 aliphatic rings. The first-order valence-corrected chi connectivity index (χ1v) is 7.18. The predicted molar refractivity (Wildman–Crippen MR) is 79.2 cm³/mol. The molecule has 0 spiro atoms. The average molecular weight is 342 g/mol. The molecule has 0 radical (unpaired) electrons. The molecule has 1 heterocycles. The summed E-state index contributed by atoms with van der Waals surface area (Å²) < 4.78 is 49.0. The molecular weight excluding hydrogens is 325 g/mol. The molecular formula is C16H17F3N2O3. The zero-order chi connectivity index (χ0) is 17.9. The SMILES string of the molecule is Cc1cc(CN(C)C(=O)[C@@H](C)Oc2ccccc2C(F)(F)F)no1. The van der Waals surface area contributed by atoms with Gasteiger partial charge >= 0.3 is 6.18 Å². The van der Waals surface area contributed by atoms with E-state index in [4.69, 9.17) is 9.26 Å². The molecule has 2 rings (SSSR count). The molecule has 0 aliphatic carbocycles. The van der Waals surface area contributed by atoms with Crippen LogP contribution >= 0.6 is 0 Å². The van der Waals surface area contributed by atoms with Gasteiger partial charge in [-0.1, -0.05) is 17.3 Å². The molecule has 130 valence electrons. The molecule has 1 aromatic heterocycles. The van der Waals surface area contributed by atoms with E-state index in [0.29, 0.717) is 11.5 Å². The maximum atomic E-state index is 13.0. The van der Waals surface area contributed by atoms with E-state index in [1.54, 1.807) is 13.0 Å². The molecule has 0 fully saturated rings. The number of hydrogen-bond acceptors (Lipinski definition) is 4. The molecule has 0 saturated carbocycles. The molecule has 1 aromatic carbocycles. The largest absolute Gasteiger partial charge is 0.480 e. The van der Waals surface area contributed by atoms with Crippen LogP contribution in [0.15, 0.2) is 34.9 Å². The van der Waals surface area contributed by atoms with Crippen molar-refractivity contribution in [2.75, 3.05) is 7.05 Å². The van der Waals surface area contributed by atoms with E-state index in [1.807, 2.05) is 0 Å². The molecule has 0 unspecified atom stereocenters. The quantitative estimate of drug-likeness (QED) is 0.835. The van der Waals surface area contributed by atoms with Crippen LogP contribution in [0.25, 0.3) is 0 Å². The minimum absolute atomic E-state index is 0.171. The molecule has 0 aliphatic heterocycles. The van der Waals surface area contributed by atoms with E-state index in [-0.39, 0.29) is 12.3 Å². The van der Waals surface area contributed by atoms with Crippen LogP contribution in [0.2, 0.25) is 0 Å². The number of benzene rings is 1. The lowest BCUT2D eigenvalue weighted by molar-refractivity contribution is -0.143. The van der Waals surface area contributed by atoms with Crippen LogP contribution in [0.1, 0.15) is 23.9 Å². The average Bonchev–Trinajstić information content (AvgIpc) is 2.90. The Labute approximate surface area is 137 Å². The molecule has 0 saturated heterocycles. The van der Waals surface area contributed by atoms with Crippen LogP contribution < -0.4 is 4.74 Å². The van der Waals surface area contributed by atoms with Gasteiger partial charge in [-0.05, 0) is 26.0 Å². The number of likely N-dealkylation sites (N-methyl/N-ethyl adjacent to an activating group) is 1. The van der Waals surface area contributed by atoms with Gasteiger partial charge in [-0.2, -0.15) is 13.2 Å². The lowest BCUT2D eigenvalue weighted by Gasteiger charge is -2.22. The van der Waals surface area contributed by atoms with E-state index in [2.05, 4.69) is 5.16 Å². The summed E-state index contributed by atoms with van der Waals surface area (Å²) in [7, 11) is 1.52. The summed E-state index contributed by atoms with van der Waals surface area (Å²) in [6, 6.07) is 6.46. The summed E-state index contributed by atoms with van der Waals surface area (Å²) in [5, 5.41) is 3.77. The van der Waals surface area contributed by atoms with Crippen LogP contribution in [-0.2, 0) is 17.5 Å². The van der Waals surface area contributed by atoms with Gasteiger partial charge in [0, 0.05) is 13.1 Å². The Morgan fingerprint density at radius 2 is 2.04 bits per heavy atom. The smallest absolute Gasteiger partial charge is 0.419 e. The van der Waals surface area contributed by atoms with Crippen LogP contribution in [0, 0.1) is 6.92 Å². The first-order valence-electron chi connectivity index (χ1n) is 7.18. The first-order chi connectivity index (χ1) is 11.2. The number of carbonyl (C=O) groups excluding carboxylic acids is 1. The fraction of sp³-hybridized carbons (Fsp3) is 0.375. The number of nitrogens with zero attached hydrogens (tertiary/aromatic N) is 2. The molecule has 24 heavy (non-hydrogen) atoms. The minimum Gasteiger partial charge on any atom is -0.480 e. The van der Waals surface area contributed by atoms with Crippen LogP contribution in [0.5, 0.6) is 5.75 Å². The normalized spacial score (nSPS) is 12.8. The van der Waals surface area contributed by atoms with E-state index in [9.17, 15) is 18.0 Å². The third kappa shape index (κ3) is 4.27. The van der Waals surface area contributed by atoms with Crippen molar-refractivity contribution in [3.05, 3.63) is 47.3 Å². The van der Waals surface area contributed by atoms with Crippen molar-refractivity contribution in [3.8, 4) is 5.75 Å². The van der Waals surface area contributed by atoms with Gasteiger partial charge in [0.15, 0.2) is 6.10 Å². The van der Waals surface area contributed by atoms with Crippen molar-refractivity contribution in [3.63, 3.8) is 0 Å². The zero-order valence-electron chi connectivity index (χ0n) is 13.4. The van der Waals surface area contributed by atoms with E-state index < -0.39 is 23.8 Å². The van der Waals surface area contributed by atoms with Gasteiger partial charge < -0.3 is 14.2 Å². The van der Waals surface area contributed by atoms with Crippen LogP contribution in [0.3, 0.4) is 0 Å². The Morgan fingerprint density at radius 1 is 1.38 bits per heavy atom. The summed E-state index contributed by atoms with van der Waals surface area (Å²) >= 11 is 0. The second-order valence-electron chi connectivity index (χ2n) is 5.38.